The maximum atomic E-state index is 5.50. The Labute approximate surface area is 578 Å². The van der Waals surface area contributed by atoms with Crippen molar-refractivity contribution in [1.29, 1.82) is 0 Å². The van der Waals surface area contributed by atoms with Gasteiger partial charge >= 0.3 is 0 Å². The highest BCUT2D eigenvalue weighted by Gasteiger charge is 2.20. The van der Waals surface area contributed by atoms with E-state index in [1.54, 1.807) is 0 Å². The Morgan fingerprint density at radius 1 is 0.140 bits per heavy atom. The maximum absolute atomic E-state index is 5.50. The Morgan fingerprint density at radius 2 is 0.400 bits per heavy atom. The molecular formula is C96H60N4. The molecule has 0 aliphatic carbocycles. The van der Waals surface area contributed by atoms with Crippen LogP contribution in [0.1, 0.15) is 0 Å². The van der Waals surface area contributed by atoms with Crippen LogP contribution in [0.4, 0.5) is 0 Å². The molecule has 0 radical (unpaired) electrons. The van der Waals surface area contributed by atoms with E-state index < -0.39 is 0 Å². The first-order valence-electron chi connectivity index (χ1n) is 34.2. The van der Waals surface area contributed by atoms with Crippen LogP contribution in [0.25, 0.3) is 198 Å². The molecule has 0 aliphatic rings. The molecule has 464 valence electrons. The number of hydrogen-bond acceptors (Lipinski definition) is 4. The second-order valence-corrected chi connectivity index (χ2v) is 25.9. The van der Waals surface area contributed by atoms with Crippen LogP contribution >= 0.6 is 0 Å². The van der Waals surface area contributed by atoms with Gasteiger partial charge in [0.2, 0.25) is 0 Å². The second kappa shape index (κ2) is 24.4. The Balaban J connectivity index is 0.000000141. The van der Waals surface area contributed by atoms with Crippen molar-refractivity contribution in [3.63, 3.8) is 0 Å². The van der Waals surface area contributed by atoms with Gasteiger partial charge in [0.25, 0.3) is 0 Å². The van der Waals surface area contributed by atoms with Gasteiger partial charge < -0.3 is 0 Å². The normalized spacial score (nSPS) is 11.6. The van der Waals surface area contributed by atoms with E-state index >= 15 is 0 Å². The van der Waals surface area contributed by atoms with Gasteiger partial charge in [-0.15, -0.1) is 0 Å². The fourth-order valence-electron chi connectivity index (χ4n) is 15.2. The lowest BCUT2D eigenvalue weighted by molar-refractivity contribution is 1.32. The summed E-state index contributed by atoms with van der Waals surface area (Å²) in [6, 6.07) is 130. The minimum atomic E-state index is 0.945. The second-order valence-electron chi connectivity index (χ2n) is 25.9. The van der Waals surface area contributed by atoms with E-state index in [1.807, 2.05) is 6.07 Å². The van der Waals surface area contributed by atoms with E-state index in [4.69, 9.17) is 19.9 Å². The van der Waals surface area contributed by atoms with Crippen LogP contribution in [0.3, 0.4) is 0 Å². The monoisotopic (exact) mass is 1270 g/mol. The molecule has 0 saturated heterocycles. The van der Waals surface area contributed by atoms with E-state index in [9.17, 15) is 0 Å². The van der Waals surface area contributed by atoms with Gasteiger partial charge in [-0.25, -0.2) is 19.9 Å². The van der Waals surface area contributed by atoms with Gasteiger partial charge in [-0.05, 0) is 123 Å². The number of hydrogen-bond donors (Lipinski definition) is 0. The molecule has 4 heteroatoms. The van der Waals surface area contributed by atoms with Gasteiger partial charge in [-0.1, -0.05) is 328 Å². The van der Waals surface area contributed by atoms with Gasteiger partial charge in [-0.2, -0.15) is 0 Å². The standard InChI is InChI=1S/C52H32N2.C44H28N2/c1-3-13-37-29-39(27-23-33(37)11-1)48-31-41(32-49(53-48)40-28-24-34-12-2-4-14-38(34)30-40)35-21-25-36(26-22-35)51-47-20-10-8-18-45(47)50-44-17-7-5-15-42(44)43-16-6-9-19-46(43)52(50)54-51;1-3-13-29(14-4-1)33-27-40(30-15-5-2-6-16-30)45-41(28-33)31-23-25-32(26-24-31)43-39-22-12-10-20-37(39)42-36-19-9-7-17-34(36)35-18-8-11-21-38(35)44(42)46-43/h1-32H;1-28H. The summed E-state index contributed by atoms with van der Waals surface area (Å²) in [7, 11) is 0. The predicted octanol–water partition coefficient (Wildman–Crippen LogP) is 25.8. The molecule has 0 fully saturated rings. The number of pyridine rings is 4. The van der Waals surface area contributed by atoms with Crippen LogP contribution in [0.15, 0.2) is 364 Å². The Bertz CT molecular complexity index is 6470. The van der Waals surface area contributed by atoms with Gasteiger partial charge in [0.15, 0.2) is 0 Å². The molecular weight excluding hydrogens is 1210 g/mol. The van der Waals surface area contributed by atoms with Crippen LogP contribution in [-0.2, 0) is 0 Å². The fraction of sp³-hybridized carbons (Fsp3) is 0. The zero-order chi connectivity index (χ0) is 66.0. The lowest BCUT2D eigenvalue weighted by Crippen LogP contribution is -1.93. The molecule has 4 heterocycles. The largest absolute Gasteiger partial charge is 0.248 e. The number of rotatable bonds is 8. The Morgan fingerprint density at radius 3 is 0.810 bits per heavy atom. The van der Waals surface area contributed by atoms with Crippen LogP contribution in [0.5, 0.6) is 0 Å². The van der Waals surface area contributed by atoms with Crippen LogP contribution in [-0.4, -0.2) is 19.9 Å². The first kappa shape index (κ1) is 58.1. The Hall–Kier alpha value is -13.3. The molecule has 0 amide bonds. The quantitative estimate of drug-likeness (QED) is 0.142. The minimum Gasteiger partial charge on any atom is -0.248 e. The third-order valence-corrected chi connectivity index (χ3v) is 20.0. The molecule has 20 aromatic rings. The van der Waals surface area contributed by atoms with E-state index in [0.29, 0.717) is 0 Å². The molecule has 4 nitrogen and oxygen atoms in total. The molecule has 0 unspecified atom stereocenters. The number of fused-ring (bicyclic) bond motifs is 18. The average molecular weight is 1270 g/mol. The summed E-state index contributed by atoms with van der Waals surface area (Å²) in [5.41, 5.74) is 19.0. The summed E-state index contributed by atoms with van der Waals surface area (Å²) >= 11 is 0. The van der Waals surface area contributed by atoms with Crippen LogP contribution in [0, 0.1) is 0 Å². The highest BCUT2D eigenvalue weighted by Crippen LogP contribution is 2.44. The molecule has 0 aliphatic heterocycles. The molecule has 0 spiro atoms. The topological polar surface area (TPSA) is 51.6 Å². The molecule has 0 N–H and O–H groups in total. The summed E-state index contributed by atoms with van der Waals surface area (Å²) in [5.74, 6) is 0. The highest BCUT2D eigenvalue weighted by molar-refractivity contribution is 6.33. The molecule has 16 aromatic carbocycles. The Kier molecular flexibility index (Phi) is 14.2. The number of nitrogens with zero attached hydrogens (tertiary/aromatic N) is 4. The van der Waals surface area contributed by atoms with Crippen molar-refractivity contribution in [3.05, 3.63) is 364 Å². The maximum Gasteiger partial charge on any atom is 0.0800 e. The molecule has 0 atom stereocenters. The smallest absolute Gasteiger partial charge is 0.0800 e. The average Bonchev–Trinajstić information content (AvgIpc) is 0.727. The SMILES string of the molecule is c1ccc(-c2cc(-c3ccccc3)nc(-c3ccc(-c4nc5c6ccccc6c6ccccc6c5c5ccccc45)cc3)c2)cc1.c1ccc2cc(-c3cc(-c4ccc(-c5nc6c7ccccc7c7ccccc7c6c6ccccc56)cc4)cc(-c4ccc5ccccc5c4)n3)ccc2c1. The molecule has 20 rings (SSSR count). The lowest BCUT2D eigenvalue weighted by Gasteiger charge is -2.15. The summed E-state index contributed by atoms with van der Waals surface area (Å²) in [6.07, 6.45) is 0. The lowest BCUT2D eigenvalue weighted by atomic mass is 9.92. The molecule has 0 saturated carbocycles. The van der Waals surface area contributed by atoms with E-state index in [0.717, 1.165) is 106 Å². The van der Waals surface area contributed by atoms with Crippen molar-refractivity contribution in [2.75, 3.05) is 0 Å². The van der Waals surface area contributed by atoms with E-state index in [1.165, 1.54) is 91.7 Å². The van der Waals surface area contributed by atoms with Crippen molar-refractivity contribution in [2.24, 2.45) is 0 Å². The first-order valence-corrected chi connectivity index (χ1v) is 34.2. The van der Waals surface area contributed by atoms with Gasteiger partial charge in [0, 0.05) is 65.7 Å². The summed E-state index contributed by atoms with van der Waals surface area (Å²) in [4.78, 5) is 21.4. The van der Waals surface area contributed by atoms with Crippen molar-refractivity contribution >= 4 is 108 Å². The van der Waals surface area contributed by atoms with E-state index in [-0.39, 0.29) is 0 Å². The summed E-state index contributed by atoms with van der Waals surface area (Å²) < 4.78 is 0. The van der Waals surface area contributed by atoms with Gasteiger partial charge in [-0.3, -0.25) is 0 Å². The van der Waals surface area contributed by atoms with Crippen molar-refractivity contribution < 1.29 is 0 Å². The summed E-state index contributed by atoms with van der Waals surface area (Å²) in [6.45, 7) is 0. The number of aromatic nitrogens is 4. The molecule has 4 aromatic heterocycles. The molecule has 100 heavy (non-hydrogen) atoms. The third kappa shape index (κ3) is 10.2. The van der Waals surface area contributed by atoms with E-state index in [2.05, 4.69) is 358 Å². The zero-order valence-electron chi connectivity index (χ0n) is 54.4. The zero-order valence-corrected chi connectivity index (χ0v) is 54.4. The third-order valence-electron chi connectivity index (χ3n) is 20.0. The minimum absolute atomic E-state index is 0.945. The van der Waals surface area contributed by atoms with Crippen molar-refractivity contribution in [1.82, 2.24) is 19.9 Å². The summed E-state index contributed by atoms with van der Waals surface area (Å²) in [5, 5.41) is 21.8. The van der Waals surface area contributed by atoms with Crippen LogP contribution in [0.2, 0.25) is 0 Å². The van der Waals surface area contributed by atoms with Gasteiger partial charge in [0.1, 0.15) is 0 Å². The first-order chi connectivity index (χ1) is 49.6. The predicted molar refractivity (Wildman–Crippen MR) is 423 cm³/mol. The van der Waals surface area contributed by atoms with Crippen molar-refractivity contribution in [2.45, 2.75) is 0 Å². The number of benzene rings is 16. The van der Waals surface area contributed by atoms with Crippen molar-refractivity contribution in [3.8, 4) is 89.8 Å². The van der Waals surface area contributed by atoms with Gasteiger partial charge in [0.05, 0.1) is 45.2 Å². The fourth-order valence-corrected chi connectivity index (χ4v) is 15.2. The highest BCUT2D eigenvalue weighted by atomic mass is 14.7. The van der Waals surface area contributed by atoms with Crippen LogP contribution < -0.4 is 0 Å². The molecule has 0 bridgehead atoms.